The van der Waals surface area contributed by atoms with Crippen LogP contribution in [-0.2, 0) is 11.3 Å². The number of thioether (sulfide) groups is 1. The number of halogens is 1. The zero-order chi connectivity index (χ0) is 22.3. The van der Waals surface area contributed by atoms with Gasteiger partial charge in [0.2, 0.25) is 5.91 Å². The number of carbonyl (C=O) groups excluding carboxylic acids is 1. The predicted octanol–water partition coefficient (Wildman–Crippen LogP) is 5.94. The Labute approximate surface area is 194 Å². The van der Waals surface area contributed by atoms with Gasteiger partial charge in [0.1, 0.15) is 17.1 Å². The zero-order valence-corrected chi connectivity index (χ0v) is 19.2. The Kier molecular flexibility index (Phi) is 7.34. The van der Waals surface area contributed by atoms with Crippen LogP contribution in [0.3, 0.4) is 0 Å². The van der Waals surface area contributed by atoms with E-state index in [9.17, 15) is 9.18 Å². The van der Waals surface area contributed by atoms with E-state index in [0.717, 1.165) is 20.7 Å². The lowest BCUT2D eigenvalue weighted by molar-refractivity contribution is -0.118. The molecule has 164 valence electrons. The van der Waals surface area contributed by atoms with Crippen LogP contribution in [0.1, 0.15) is 18.9 Å². The van der Waals surface area contributed by atoms with Gasteiger partial charge in [-0.1, -0.05) is 23.5 Å². The average Bonchev–Trinajstić information content (AvgIpc) is 3.24. The van der Waals surface area contributed by atoms with Gasteiger partial charge in [-0.2, -0.15) is 0 Å². The number of hydrogen-bond acceptors (Lipinski definition) is 6. The highest BCUT2D eigenvalue weighted by Gasteiger charge is 2.21. The van der Waals surface area contributed by atoms with Crippen molar-refractivity contribution in [3.63, 3.8) is 0 Å². The first-order valence-corrected chi connectivity index (χ1v) is 12.0. The molecule has 0 bridgehead atoms. The summed E-state index contributed by atoms with van der Waals surface area (Å²) in [5.41, 5.74) is 1.69. The van der Waals surface area contributed by atoms with Crippen LogP contribution in [0.2, 0.25) is 0 Å². The molecule has 0 aliphatic rings. The Morgan fingerprint density at radius 3 is 2.75 bits per heavy atom. The van der Waals surface area contributed by atoms with E-state index in [4.69, 9.17) is 9.72 Å². The van der Waals surface area contributed by atoms with E-state index in [0.29, 0.717) is 36.2 Å². The number of anilines is 1. The van der Waals surface area contributed by atoms with Crippen molar-refractivity contribution >= 4 is 44.4 Å². The number of ether oxygens (including phenoxy) is 1. The van der Waals surface area contributed by atoms with Gasteiger partial charge in [-0.15, -0.1) is 11.8 Å². The number of benzene rings is 2. The van der Waals surface area contributed by atoms with Gasteiger partial charge in [0.25, 0.3) is 0 Å². The summed E-state index contributed by atoms with van der Waals surface area (Å²) in [6, 6.07) is 15.9. The highest BCUT2D eigenvalue weighted by molar-refractivity contribution is 7.99. The Balaban J connectivity index is 1.55. The van der Waals surface area contributed by atoms with Crippen molar-refractivity contribution in [1.29, 1.82) is 0 Å². The molecule has 0 saturated carbocycles. The molecule has 1 amide bonds. The summed E-state index contributed by atoms with van der Waals surface area (Å²) in [5.74, 6) is 1.01. The minimum Gasteiger partial charge on any atom is -0.492 e. The number of fused-ring (bicyclic) bond motifs is 1. The van der Waals surface area contributed by atoms with Crippen LogP contribution in [0.4, 0.5) is 9.52 Å². The van der Waals surface area contributed by atoms with Crippen LogP contribution in [0, 0.1) is 5.82 Å². The van der Waals surface area contributed by atoms with Gasteiger partial charge in [0, 0.05) is 29.5 Å². The fraction of sp³-hybridized carbons (Fsp3) is 0.208. The summed E-state index contributed by atoms with van der Waals surface area (Å²) in [5, 5.41) is 0.632. The standard InChI is InChI=1S/C24H22FN3O2S2/c1-2-30-20-6-3-7-21-23(20)27-24(32-21)28(16-17-5-4-13-26-15-17)22(29)12-14-31-19-10-8-18(25)9-11-19/h3-11,13,15H,2,12,14,16H2,1H3. The molecule has 0 radical (unpaired) electrons. The van der Waals surface area contributed by atoms with Crippen molar-refractivity contribution in [3.8, 4) is 5.75 Å². The number of aromatic nitrogens is 2. The number of thiazole rings is 1. The average molecular weight is 468 g/mol. The number of hydrogen-bond donors (Lipinski definition) is 0. The van der Waals surface area contributed by atoms with Crippen LogP contribution >= 0.6 is 23.1 Å². The number of pyridine rings is 1. The molecule has 2 aromatic carbocycles. The second-order valence-electron chi connectivity index (χ2n) is 6.93. The molecular formula is C24H22FN3O2S2. The van der Waals surface area contributed by atoms with Crippen molar-refractivity contribution in [3.05, 3.63) is 78.4 Å². The van der Waals surface area contributed by atoms with Gasteiger partial charge in [-0.05, 0) is 55.0 Å². The van der Waals surface area contributed by atoms with Crippen molar-refractivity contribution in [2.75, 3.05) is 17.3 Å². The molecule has 5 nitrogen and oxygen atoms in total. The minimum absolute atomic E-state index is 0.0273. The van der Waals surface area contributed by atoms with Crippen molar-refractivity contribution in [2.45, 2.75) is 24.8 Å². The zero-order valence-electron chi connectivity index (χ0n) is 17.5. The highest BCUT2D eigenvalue weighted by Crippen LogP contribution is 2.35. The molecule has 4 aromatic rings. The summed E-state index contributed by atoms with van der Waals surface area (Å²) in [4.78, 5) is 24.8. The topological polar surface area (TPSA) is 55.3 Å². The molecule has 8 heteroatoms. The monoisotopic (exact) mass is 467 g/mol. The number of nitrogens with zero attached hydrogens (tertiary/aromatic N) is 3. The Hall–Kier alpha value is -2.97. The molecule has 4 rings (SSSR count). The van der Waals surface area contributed by atoms with E-state index in [1.807, 2.05) is 37.3 Å². The van der Waals surface area contributed by atoms with Crippen molar-refractivity contribution in [1.82, 2.24) is 9.97 Å². The Morgan fingerprint density at radius 2 is 2.00 bits per heavy atom. The van der Waals surface area contributed by atoms with E-state index < -0.39 is 0 Å². The molecule has 0 aliphatic heterocycles. The van der Waals surface area contributed by atoms with Crippen LogP contribution in [0.15, 0.2) is 71.9 Å². The molecule has 2 heterocycles. The summed E-state index contributed by atoms with van der Waals surface area (Å²) >= 11 is 3.00. The van der Waals surface area contributed by atoms with Crippen LogP contribution < -0.4 is 9.64 Å². The molecule has 0 fully saturated rings. The van der Waals surface area contributed by atoms with Gasteiger partial charge >= 0.3 is 0 Å². The van der Waals surface area contributed by atoms with Gasteiger partial charge in [0.05, 0.1) is 17.9 Å². The summed E-state index contributed by atoms with van der Waals surface area (Å²) in [7, 11) is 0. The highest BCUT2D eigenvalue weighted by atomic mass is 32.2. The second kappa shape index (κ2) is 10.6. The molecule has 32 heavy (non-hydrogen) atoms. The van der Waals surface area contributed by atoms with Crippen molar-refractivity contribution in [2.24, 2.45) is 0 Å². The number of amides is 1. The largest absolute Gasteiger partial charge is 0.492 e. The predicted molar refractivity (Wildman–Crippen MR) is 128 cm³/mol. The van der Waals surface area contributed by atoms with Crippen LogP contribution in [0.5, 0.6) is 5.75 Å². The fourth-order valence-electron chi connectivity index (χ4n) is 3.16. The first kappa shape index (κ1) is 22.2. The number of rotatable bonds is 9. The molecule has 0 saturated heterocycles. The first-order chi connectivity index (χ1) is 15.6. The van der Waals surface area contributed by atoms with Crippen LogP contribution in [-0.4, -0.2) is 28.2 Å². The van der Waals surface area contributed by atoms with Gasteiger partial charge in [-0.25, -0.2) is 9.37 Å². The molecule has 0 N–H and O–H groups in total. The van der Waals surface area contributed by atoms with E-state index in [-0.39, 0.29) is 11.7 Å². The van der Waals surface area contributed by atoms with E-state index >= 15 is 0 Å². The van der Waals surface area contributed by atoms with Gasteiger partial charge in [0.15, 0.2) is 5.13 Å². The van der Waals surface area contributed by atoms with E-state index in [1.54, 1.807) is 29.4 Å². The summed E-state index contributed by atoms with van der Waals surface area (Å²) < 4.78 is 19.8. The maximum absolute atomic E-state index is 13.2. The lowest BCUT2D eigenvalue weighted by atomic mass is 10.2. The molecule has 0 aliphatic carbocycles. The summed E-state index contributed by atoms with van der Waals surface area (Å²) in [6.07, 6.45) is 3.80. The Morgan fingerprint density at radius 1 is 1.16 bits per heavy atom. The molecule has 0 unspecified atom stereocenters. The third-order valence-corrected chi connectivity index (χ3v) is 6.72. The van der Waals surface area contributed by atoms with Gasteiger partial charge < -0.3 is 4.74 Å². The lowest BCUT2D eigenvalue weighted by Gasteiger charge is -2.20. The molecule has 2 aromatic heterocycles. The smallest absolute Gasteiger partial charge is 0.229 e. The maximum atomic E-state index is 13.2. The van der Waals surface area contributed by atoms with Crippen molar-refractivity contribution < 1.29 is 13.9 Å². The quantitative estimate of drug-likeness (QED) is 0.285. The van der Waals surface area contributed by atoms with Gasteiger partial charge in [-0.3, -0.25) is 14.7 Å². The van der Waals surface area contributed by atoms with E-state index in [1.165, 1.54) is 35.2 Å². The normalized spacial score (nSPS) is 10.9. The molecule has 0 spiro atoms. The first-order valence-electron chi connectivity index (χ1n) is 10.2. The number of para-hydroxylation sites is 1. The molecule has 0 atom stereocenters. The fourth-order valence-corrected chi connectivity index (χ4v) is 5.00. The lowest BCUT2D eigenvalue weighted by Crippen LogP contribution is -2.30. The van der Waals surface area contributed by atoms with E-state index in [2.05, 4.69) is 4.98 Å². The number of carbonyl (C=O) groups is 1. The maximum Gasteiger partial charge on any atom is 0.229 e. The third kappa shape index (κ3) is 5.44. The SMILES string of the molecule is CCOc1cccc2sc(N(Cc3cccnc3)C(=O)CCSc3ccc(F)cc3)nc12. The third-order valence-electron chi connectivity index (χ3n) is 4.66. The Bertz CT molecular complexity index is 1180. The second-order valence-corrected chi connectivity index (χ2v) is 9.10. The van der Waals surface area contributed by atoms with Crippen LogP contribution in [0.25, 0.3) is 10.2 Å². The molecular weight excluding hydrogens is 445 g/mol. The summed E-state index contributed by atoms with van der Waals surface area (Å²) in [6.45, 7) is 2.87. The minimum atomic E-state index is -0.268.